The van der Waals surface area contributed by atoms with E-state index in [2.05, 4.69) is 20.3 Å². The van der Waals surface area contributed by atoms with Gasteiger partial charge in [-0.25, -0.2) is 8.42 Å². The first-order valence-corrected chi connectivity index (χ1v) is 18.8. The smallest absolute Gasteiger partial charge is 0.259 e. The summed E-state index contributed by atoms with van der Waals surface area (Å²) in [6.45, 7) is 0.180. The number of hydrogen-bond acceptors (Lipinski definition) is 8. The number of para-hydroxylation sites is 2. The molecule has 48 heavy (non-hydrogen) atoms. The van der Waals surface area contributed by atoms with Crippen molar-refractivity contribution in [1.29, 1.82) is 0 Å². The second-order valence-electron chi connectivity index (χ2n) is 13.8. The number of ether oxygens (including phenoxy) is 1. The highest BCUT2D eigenvalue weighted by Crippen LogP contribution is 2.48. The lowest BCUT2D eigenvalue weighted by molar-refractivity contribution is -0.140. The Balaban J connectivity index is 1.18. The third-order valence-electron chi connectivity index (χ3n) is 10.3. The molecule has 12 heteroatoms. The van der Waals surface area contributed by atoms with Gasteiger partial charge in [0.05, 0.1) is 17.3 Å². The van der Waals surface area contributed by atoms with Crippen LogP contribution >= 0.6 is 0 Å². The fourth-order valence-electron chi connectivity index (χ4n) is 7.34. The predicted octanol–water partition coefficient (Wildman–Crippen LogP) is 4.29. The number of rotatable bonds is 7. The molecule has 2 aliphatic carbocycles. The molecular formula is C36H43N5O6S. The molecule has 0 unspecified atom stereocenters. The lowest BCUT2D eigenvalue weighted by Crippen LogP contribution is -2.57. The number of hydrogen-bond donors (Lipinski definition) is 3. The van der Waals surface area contributed by atoms with E-state index in [4.69, 9.17) is 4.74 Å². The summed E-state index contributed by atoms with van der Waals surface area (Å²) in [5.41, 5.74) is 0.270. The maximum Gasteiger partial charge on any atom is 0.259 e. The number of pyridine rings is 1. The minimum atomic E-state index is -3.80. The Morgan fingerprint density at radius 1 is 0.917 bits per heavy atom. The van der Waals surface area contributed by atoms with Gasteiger partial charge in [-0.3, -0.25) is 24.1 Å². The number of carbonyl (C=O) groups excluding carboxylic acids is 3. The maximum absolute atomic E-state index is 14.5. The van der Waals surface area contributed by atoms with E-state index in [-0.39, 0.29) is 24.8 Å². The maximum atomic E-state index is 14.5. The van der Waals surface area contributed by atoms with E-state index in [1.807, 2.05) is 54.6 Å². The zero-order chi connectivity index (χ0) is 33.3. The minimum Gasteiger partial charge on any atom is -0.488 e. The Kier molecular flexibility index (Phi) is 9.02. The summed E-state index contributed by atoms with van der Waals surface area (Å²) in [5, 5.41) is 6.68. The van der Waals surface area contributed by atoms with Crippen molar-refractivity contribution in [3.8, 4) is 5.75 Å². The molecule has 2 saturated heterocycles. The molecule has 4 aliphatic rings. The third-order valence-corrected chi connectivity index (χ3v) is 12.1. The van der Waals surface area contributed by atoms with Gasteiger partial charge < -0.3 is 20.3 Å². The number of carbonyl (C=O) groups is 3. The first kappa shape index (κ1) is 32.4. The number of sulfonamides is 1. The van der Waals surface area contributed by atoms with Crippen molar-refractivity contribution in [2.24, 2.45) is 5.92 Å². The summed E-state index contributed by atoms with van der Waals surface area (Å²) in [6.07, 6.45) is 8.76. The van der Waals surface area contributed by atoms with Crippen LogP contribution in [0.2, 0.25) is 0 Å². The first-order valence-electron chi connectivity index (χ1n) is 17.2. The fourth-order valence-corrected chi connectivity index (χ4v) is 8.70. The van der Waals surface area contributed by atoms with Gasteiger partial charge in [-0.1, -0.05) is 62.4 Å². The molecule has 1 aromatic heterocycles. The van der Waals surface area contributed by atoms with Crippen molar-refractivity contribution >= 4 is 44.3 Å². The predicted molar refractivity (Wildman–Crippen MR) is 182 cm³/mol. The Morgan fingerprint density at radius 3 is 2.44 bits per heavy atom. The number of aromatic nitrogens is 1. The summed E-state index contributed by atoms with van der Waals surface area (Å²) in [4.78, 5) is 48.4. The van der Waals surface area contributed by atoms with E-state index in [0.717, 1.165) is 48.7 Å². The summed E-state index contributed by atoms with van der Waals surface area (Å²) in [5.74, 6) is -0.906. The minimum absolute atomic E-state index is 0.172. The van der Waals surface area contributed by atoms with Crippen molar-refractivity contribution in [3.63, 3.8) is 0 Å². The molecule has 4 fully saturated rings. The molecule has 0 bridgehead atoms. The third kappa shape index (κ3) is 6.85. The van der Waals surface area contributed by atoms with E-state index in [9.17, 15) is 22.8 Å². The van der Waals surface area contributed by atoms with Gasteiger partial charge in [0.1, 0.15) is 29.5 Å². The van der Waals surface area contributed by atoms with E-state index in [0.29, 0.717) is 37.9 Å². The molecule has 254 valence electrons. The highest BCUT2D eigenvalue weighted by molar-refractivity contribution is 7.91. The van der Waals surface area contributed by atoms with Crippen molar-refractivity contribution in [3.05, 3.63) is 66.9 Å². The van der Waals surface area contributed by atoms with E-state index in [1.165, 1.54) is 0 Å². The van der Waals surface area contributed by atoms with Crippen molar-refractivity contribution in [2.45, 2.75) is 99.6 Å². The van der Waals surface area contributed by atoms with Crippen LogP contribution in [-0.2, 0) is 24.4 Å². The van der Waals surface area contributed by atoms with E-state index >= 15 is 0 Å². The van der Waals surface area contributed by atoms with Crippen molar-refractivity contribution < 1.29 is 27.5 Å². The Labute approximate surface area is 281 Å². The van der Waals surface area contributed by atoms with Crippen LogP contribution in [0.25, 0.3) is 10.9 Å². The molecular weight excluding hydrogens is 630 g/mol. The number of benzene rings is 2. The van der Waals surface area contributed by atoms with E-state index in [1.54, 1.807) is 17.2 Å². The molecule has 5 atom stereocenters. The van der Waals surface area contributed by atoms with Gasteiger partial charge in [-0.05, 0) is 68.4 Å². The van der Waals surface area contributed by atoms with Crippen molar-refractivity contribution in [2.75, 3.05) is 11.9 Å². The van der Waals surface area contributed by atoms with Crippen molar-refractivity contribution in [1.82, 2.24) is 19.9 Å². The largest absolute Gasteiger partial charge is 0.488 e. The molecule has 3 heterocycles. The van der Waals surface area contributed by atoms with Crippen LogP contribution in [-0.4, -0.2) is 71.5 Å². The van der Waals surface area contributed by atoms with Crippen LogP contribution in [0.1, 0.15) is 70.6 Å². The number of nitrogens with one attached hydrogen (secondary N) is 3. The highest BCUT2D eigenvalue weighted by Gasteiger charge is 2.62. The summed E-state index contributed by atoms with van der Waals surface area (Å²) in [7, 11) is -3.80. The number of nitrogens with zero attached hydrogens (tertiary/aromatic N) is 2. The van der Waals surface area contributed by atoms with Gasteiger partial charge in [0.15, 0.2) is 0 Å². The SMILES string of the molecule is O=C1N[C@]2(C(=O)NS(=O)(=O)C3CC3)C[C@H]2CCCCCCC[C@H](Nc2ccccc2)C(=O)N2C[C@H](Oc3ccnc4ccccc34)C[C@@H]12. The van der Waals surface area contributed by atoms with Gasteiger partial charge in [-0.15, -0.1) is 0 Å². The first-order chi connectivity index (χ1) is 23.2. The molecule has 3 N–H and O–H groups in total. The molecule has 0 spiro atoms. The van der Waals surface area contributed by atoms with Crippen LogP contribution in [0.5, 0.6) is 5.75 Å². The Hall–Kier alpha value is -4.19. The van der Waals surface area contributed by atoms with Gasteiger partial charge >= 0.3 is 0 Å². The number of fused-ring (bicyclic) bond motifs is 3. The standard InChI is InChI=1S/C36H43N5O6S/c42-33-31-21-26(47-32-19-20-37-29-15-10-9-14-28(29)32)23-41(31)34(43)30(38-25-12-6-4-7-13-25)16-8-3-1-2-5-11-24-22-36(24,39-33)35(44)40-48(45,46)27-17-18-27/h4,6-7,9-10,12-15,19-20,24,26-27,30-31,38H,1-3,5,8,11,16-18,21-23H2,(H,39,42)(H,40,44)/t24-,26-,30+,31+,36-/m1/s1. The molecule has 2 aromatic carbocycles. The van der Waals surface area contributed by atoms with Crippen LogP contribution in [0.15, 0.2) is 66.9 Å². The van der Waals surface area contributed by atoms with Crippen LogP contribution in [0.3, 0.4) is 0 Å². The molecule has 2 saturated carbocycles. The lowest BCUT2D eigenvalue weighted by Gasteiger charge is -2.30. The molecule has 11 nitrogen and oxygen atoms in total. The number of anilines is 1. The Bertz CT molecular complexity index is 1780. The topological polar surface area (TPSA) is 147 Å². The molecule has 0 radical (unpaired) electrons. The zero-order valence-corrected chi connectivity index (χ0v) is 27.8. The van der Waals surface area contributed by atoms with Gasteiger partial charge in [-0.2, -0.15) is 0 Å². The number of amides is 3. The van der Waals surface area contributed by atoms with E-state index < -0.39 is 50.8 Å². The average Bonchev–Trinajstić information content (AvgIpc) is 4.01. The monoisotopic (exact) mass is 673 g/mol. The second-order valence-corrected chi connectivity index (χ2v) is 15.7. The van der Waals surface area contributed by atoms with Gasteiger partial charge in [0.25, 0.3) is 5.91 Å². The molecule has 2 aliphatic heterocycles. The quantitative estimate of drug-likeness (QED) is 0.337. The molecule has 7 rings (SSSR count). The summed E-state index contributed by atoms with van der Waals surface area (Å²) in [6, 6.07) is 17.5. The summed E-state index contributed by atoms with van der Waals surface area (Å²) >= 11 is 0. The average molecular weight is 674 g/mol. The zero-order valence-electron chi connectivity index (χ0n) is 27.0. The van der Waals surface area contributed by atoms with Crippen LogP contribution < -0.4 is 20.1 Å². The fraction of sp³-hybridized carbons (Fsp3) is 0.500. The normalized spacial score (nSPS) is 28.3. The van der Waals surface area contributed by atoms with Gasteiger partial charge in [0.2, 0.25) is 21.8 Å². The molecule has 3 aromatic rings. The highest BCUT2D eigenvalue weighted by atomic mass is 32.2. The summed E-state index contributed by atoms with van der Waals surface area (Å²) < 4.78 is 34.4. The second kappa shape index (κ2) is 13.4. The van der Waals surface area contributed by atoms with Gasteiger partial charge in [0, 0.05) is 23.7 Å². The molecule has 3 amide bonds. The van der Waals surface area contributed by atoms with Crippen LogP contribution in [0.4, 0.5) is 5.69 Å². The lowest BCUT2D eigenvalue weighted by atomic mass is 10.0. The Morgan fingerprint density at radius 2 is 1.65 bits per heavy atom. The van der Waals surface area contributed by atoms with Crippen LogP contribution in [0, 0.1) is 5.92 Å².